The minimum absolute atomic E-state index is 0.209. The molecule has 18 heavy (non-hydrogen) atoms. The molecule has 0 amide bonds. The predicted molar refractivity (Wildman–Crippen MR) is 67.5 cm³/mol. The summed E-state index contributed by atoms with van der Waals surface area (Å²) < 4.78 is 6.70. The Morgan fingerprint density at radius 3 is 2.83 bits per heavy atom. The van der Waals surface area contributed by atoms with Crippen molar-refractivity contribution < 1.29 is 4.42 Å². The number of hydrogen-bond acceptors (Lipinski definition) is 4. The molecule has 0 spiro atoms. The minimum Gasteiger partial charge on any atom is -0.401 e. The average Bonchev–Trinajstić information content (AvgIpc) is 2.68. The van der Waals surface area contributed by atoms with Crippen LogP contribution in [0.5, 0.6) is 0 Å². The van der Waals surface area contributed by atoms with Crippen LogP contribution in [0, 0.1) is 0 Å². The third-order valence-corrected chi connectivity index (χ3v) is 2.79. The standard InChI is InChI=1S/C12H8ClN3O2/c1-16-9(6-10(13)15-16)11-14-8-5-3-2-4-7(8)12(17)18-11/h2-6H,1H3. The lowest BCUT2D eigenvalue weighted by Gasteiger charge is -2.01. The lowest BCUT2D eigenvalue weighted by molar-refractivity contribution is 0.511. The Kier molecular flexibility index (Phi) is 2.41. The van der Waals surface area contributed by atoms with Crippen LogP contribution in [0.15, 0.2) is 39.5 Å². The molecule has 3 aromatic rings. The average molecular weight is 262 g/mol. The molecular formula is C12H8ClN3O2. The quantitative estimate of drug-likeness (QED) is 0.674. The molecule has 0 N–H and O–H groups in total. The van der Waals surface area contributed by atoms with Gasteiger partial charge in [0.1, 0.15) is 5.69 Å². The van der Waals surface area contributed by atoms with Crippen molar-refractivity contribution >= 4 is 22.5 Å². The van der Waals surface area contributed by atoms with Crippen molar-refractivity contribution in [1.82, 2.24) is 14.8 Å². The van der Waals surface area contributed by atoms with Crippen LogP contribution >= 0.6 is 11.6 Å². The van der Waals surface area contributed by atoms with Crippen LogP contribution in [0.3, 0.4) is 0 Å². The lowest BCUT2D eigenvalue weighted by atomic mass is 10.2. The molecule has 90 valence electrons. The first-order valence-corrected chi connectivity index (χ1v) is 5.63. The normalized spacial score (nSPS) is 11.0. The Morgan fingerprint density at radius 2 is 2.11 bits per heavy atom. The molecule has 3 rings (SSSR count). The predicted octanol–water partition coefficient (Wildman–Crippen LogP) is 2.24. The van der Waals surface area contributed by atoms with Crippen LogP contribution in [0.25, 0.3) is 22.5 Å². The highest BCUT2D eigenvalue weighted by molar-refractivity contribution is 6.29. The van der Waals surface area contributed by atoms with Gasteiger partial charge in [0.25, 0.3) is 0 Å². The van der Waals surface area contributed by atoms with E-state index in [0.717, 1.165) is 0 Å². The van der Waals surface area contributed by atoms with Crippen molar-refractivity contribution in [3.8, 4) is 11.6 Å². The van der Waals surface area contributed by atoms with Gasteiger partial charge in [0.05, 0.1) is 10.9 Å². The summed E-state index contributed by atoms with van der Waals surface area (Å²) in [5.41, 5.74) is 0.719. The second-order valence-electron chi connectivity index (χ2n) is 3.80. The van der Waals surface area contributed by atoms with E-state index in [9.17, 15) is 4.79 Å². The maximum atomic E-state index is 11.8. The van der Waals surface area contributed by atoms with Gasteiger partial charge in [-0.3, -0.25) is 4.68 Å². The van der Waals surface area contributed by atoms with Gasteiger partial charge in [0.15, 0.2) is 5.15 Å². The third-order valence-electron chi connectivity index (χ3n) is 2.60. The van der Waals surface area contributed by atoms with Crippen molar-refractivity contribution in [2.45, 2.75) is 0 Å². The van der Waals surface area contributed by atoms with E-state index in [-0.39, 0.29) is 5.89 Å². The van der Waals surface area contributed by atoms with Gasteiger partial charge in [-0.25, -0.2) is 9.78 Å². The maximum absolute atomic E-state index is 11.8. The van der Waals surface area contributed by atoms with Gasteiger partial charge in [-0.15, -0.1) is 0 Å². The Bertz CT molecular complexity index is 791. The van der Waals surface area contributed by atoms with Gasteiger partial charge in [0, 0.05) is 13.1 Å². The lowest BCUT2D eigenvalue weighted by Crippen LogP contribution is -2.04. The summed E-state index contributed by atoms with van der Waals surface area (Å²) in [5.74, 6) is 0.209. The molecule has 0 saturated carbocycles. The maximum Gasteiger partial charge on any atom is 0.347 e. The molecule has 0 fully saturated rings. The van der Waals surface area contributed by atoms with Crippen LogP contribution in [-0.4, -0.2) is 14.8 Å². The summed E-state index contributed by atoms with van der Waals surface area (Å²) in [7, 11) is 1.71. The minimum atomic E-state index is -0.423. The van der Waals surface area contributed by atoms with E-state index >= 15 is 0 Å². The van der Waals surface area contributed by atoms with E-state index in [2.05, 4.69) is 10.1 Å². The zero-order valence-electron chi connectivity index (χ0n) is 9.42. The van der Waals surface area contributed by atoms with Crippen LogP contribution in [0.2, 0.25) is 5.15 Å². The number of hydrogen-bond donors (Lipinski definition) is 0. The number of para-hydroxylation sites is 1. The molecule has 0 unspecified atom stereocenters. The first kappa shape index (κ1) is 11.0. The second kappa shape index (κ2) is 3.96. The van der Waals surface area contributed by atoms with Crippen LogP contribution in [0.1, 0.15) is 0 Å². The fraction of sp³-hybridized carbons (Fsp3) is 0.0833. The highest BCUT2D eigenvalue weighted by atomic mass is 35.5. The molecule has 0 radical (unpaired) electrons. The Morgan fingerprint density at radius 1 is 1.33 bits per heavy atom. The molecule has 0 bridgehead atoms. The molecule has 0 saturated heterocycles. The molecule has 0 atom stereocenters. The molecule has 5 nitrogen and oxygen atoms in total. The highest BCUT2D eigenvalue weighted by Crippen LogP contribution is 2.20. The second-order valence-corrected chi connectivity index (χ2v) is 4.19. The number of aryl methyl sites for hydroxylation is 1. The Balaban J connectivity index is 2.31. The van der Waals surface area contributed by atoms with Crippen LogP contribution in [-0.2, 0) is 7.05 Å². The highest BCUT2D eigenvalue weighted by Gasteiger charge is 2.12. The molecule has 0 aliphatic carbocycles. The van der Waals surface area contributed by atoms with Gasteiger partial charge >= 0.3 is 5.63 Å². The zero-order chi connectivity index (χ0) is 12.7. The smallest absolute Gasteiger partial charge is 0.347 e. The largest absolute Gasteiger partial charge is 0.401 e. The Hall–Kier alpha value is -2.14. The number of nitrogens with zero attached hydrogens (tertiary/aromatic N) is 3. The molecule has 0 aliphatic heterocycles. The van der Waals surface area contributed by atoms with E-state index in [1.54, 1.807) is 31.3 Å². The first-order valence-electron chi connectivity index (χ1n) is 5.25. The van der Waals surface area contributed by atoms with Crippen LogP contribution < -0.4 is 5.63 Å². The topological polar surface area (TPSA) is 60.9 Å². The van der Waals surface area contributed by atoms with Crippen LogP contribution in [0.4, 0.5) is 0 Å². The fourth-order valence-corrected chi connectivity index (χ4v) is 1.98. The van der Waals surface area contributed by atoms with Crippen molar-refractivity contribution in [2.24, 2.45) is 7.05 Å². The summed E-state index contributed by atoms with van der Waals surface area (Å²) in [5, 5.41) is 4.75. The molecule has 0 aliphatic rings. The van der Waals surface area contributed by atoms with E-state index in [1.807, 2.05) is 6.07 Å². The molecule has 1 aromatic carbocycles. The van der Waals surface area contributed by atoms with Gasteiger partial charge in [-0.05, 0) is 12.1 Å². The molecular weight excluding hydrogens is 254 g/mol. The number of halogens is 1. The number of rotatable bonds is 1. The van der Waals surface area contributed by atoms with E-state index in [4.69, 9.17) is 16.0 Å². The van der Waals surface area contributed by atoms with E-state index in [0.29, 0.717) is 21.7 Å². The Labute approximate surface area is 107 Å². The number of benzene rings is 1. The van der Waals surface area contributed by atoms with E-state index in [1.165, 1.54) is 4.68 Å². The van der Waals surface area contributed by atoms with E-state index < -0.39 is 5.63 Å². The number of fused-ring (bicyclic) bond motifs is 1. The molecule has 2 aromatic heterocycles. The summed E-state index contributed by atoms with van der Waals surface area (Å²) in [6.45, 7) is 0. The SMILES string of the molecule is Cn1nc(Cl)cc1-c1nc2ccccc2c(=O)o1. The van der Waals surface area contributed by atoms with Gasteiger partial charge in [-0.2, -0.15) is 5.10 Å². The van der Waals surface area contributed by atoms with Crippen molar-refractivity contribution in [2.75, 3.05) is 0 Å². The fourth-order valence-electron chi connectivity index (χ4n) is 1.76. The summed E-state index contributed by atoms with van der Waals surface area (Å²) in [6.07, 6.45) is 0. The van der Waals surface area contributed by atoms with Crippen molar-refractivity contribution in [3.05, 3.63) is 45.9 Å². The molecule has 2 heterocycles. The van der Waals surface area contributed by atoms with Gasteiger partial charge < -0.3 is 4.42 Å². The first-order chi connectivity index (χ1) is 8.65. The summed E-state index contributed by atoms with van der Waals surface area (Å²) in [4.78, 5) is 16.1. The van der Waals surface area contributed by atoms with Gasteiger partial charge in [0.2, 0.25) is 5.89 Å². The monoisotopic (exact) mass is 261 g/mol. The molecule has 6 heteroatoms. The van der Waals surface area contributed by atoms with Gasteiger partial charge in [-0.1, -0.05) is 23.7 Å². The van der Waals surface area contributed by atoms with Crippen molar-refractivity contribution in [1.29, 1.82) is 0 Å². The van der Waals surface area contributed by atoms with Crippen molar-refractivity contribution in [3.63, 3.8) is 0 Å². The number of aromatic nitrogens is 3. The zero-order valence-corrected chi connectivity index (χ0v) is 10.2. The summed E-state index contributed by atoms with van der Waals surface area (Å²) in [6, 6.07) is 8.61. The third kappa shape index (κ3) is 1.69. The summed E-state index contributed by atoms with van der Waals surface area (Å²) >= 11 is 5.79.